The van der Waals surface area contributed by atoms with E-state index in [1.54, 1.807) is 6.92 Å². The van der Waals surface area contributed by atoms with Crippen LogP contribution < -0.4 is 5.32 Å². The van der Waals surface area contributed by atoms with Crippen LogP contribution in [-0.4, -0.2) is 18.9 Å². The van der Waals surface area contributed by atoms with Crippen molar-refractivity contribution in [3.05, 3.63) is 23.3 Å². The van der Waals surface area contributed by atoms with Gasteiger partial charge in [-0.1, -0.05) is 0 Å². The minimum atomic E-state index is -4.21. The van der Waals surface area contributed by atoms with Crippen molar-refractivity contribution in [1.82, 2.24) is 0 Å². The number of carbonyl (C=O) groups excluding carboxylic acids is 1. The van der Waals surface area contributed by atoms with Crippen LogP contribution in [0.25, 0.3) is 0 Å². The van der Waals surface area contributed by atoms with E-state index in [-0.39, 0.29) is 17.2 Å². The Labute approximate surface area is 86.9 Å². The minimum absolute atomic E-state index is 0.141. The first kappa shape index (κ1) is 10.1. The Balaban J connectivity index is 2.67. The van der Waals surface area contributed by atoms with Crippen LogP contribution in [0.4, 0.5) is 5.69 Å². The lowest BCUT2D eigenvalue weighted by Crippen LogP contribution is -2.03. The van der Waals surface area contributed by atoms with Crippen LogP contribution in [-0.2, 0) is 21.3 Å². The van der Waals surface area contributed by atoms with Gasteiger partial charge in [-0.25, -0.2) is 0 Å². The summed E-state index contributed by atoms with van der Waals surface area (Å²) in [4.78, 5) is 10.9. The molecule has 15 heavy (non-hydrogen) atoms. The molecule has 1 aromatic rings. The molecule has 1 heterocycles. The SMILES string of the molecule is Cc1c(S(=O)(=O)O)ccc2c1CC(=O)N2. The first-order valence-electron chi connectivity index (χ1n) is 4.29. The number of carbonyl (C=O) groups is 1. The van der Waals surface area contributed by atoms with Crippen molar-refractivity contribution in [2.45, 2.75) is 18.2 Å². The molecule has 2 N–H and O–H groups in total. The third kappa shape index (κ3) is 1.62. The van der Waals surface area contributed by atoms with Gasteiger partial charge in [-0.3, -0.25) is 9.35 Å². The average molecular weight is 227 g/mol. The third-order valence-corrected chi connectivity index (χ3v) is 3.44. The summed E-state index contributed by atoms with van der Waals surface area (Å²) in [7, 11) is -4.21. The molecular weight excluding hydrogens is 218 g/mol. The lowest BCUT2D eigenvalue weighted by Gasteiger charge is -2.06. The summed E-state index contributed by atoms with van der Waals surface area (Å²) < 4.78 is 30.9. The van der Waals surface area contributed by atoms with Crippen LogP contribution in [0.2, 0.25) is 0 Å². The number of rotatable bonds is 1. The van der Waals surface area contributed by atoms with Gasteiger partial charge < -0.3 is 5.32 Å². The van der Waals surface area contributed by atoms with E-state index in [4.69, 9.17) is 4.55 Å². The fourth-order valence-electron chi connectivity index (χ4n) is 1.71. The fourth-order valence-corrected chi connectivity index (χ4v) is 2.46. The number of fused-ring (bicyclic) bond motifs is 1. The van der Waals surface area contributed by atoms with Crippen molar-refractivity contribution in [1.29, 1.82) is 0 Å². The lowest BCUT2D eigenvalue weighted by molar-refractivity contribution is -0.115. The summed E-state index contributed by atoms with van der Waals surface area (Å²) in [6.07, 6.45) is 0.157. The first-order valence-corrected chi connectivity index (χ1v) is 5.73. The monoisotopic (exact) mass is 227 g/mol. The first-order chi connectivity index (χ1) is 6.89. The molecule has 0 aliphatic carbocycles. The van der Waals surface area contributed by atoms with Gasteiger partial charge in [0.25, 0.3) is 10.1 Å². The predicted molar refractivity (Wildman–Crippen MR) is 53.3 cm³/mol. The van der Waals surface area contributed by atoms with Crippen molar-refractivity contribution in [3.63, 3.8) is 0 Å². The quantitative estimate of drug-likeness (QED) is 0.693. The molecule has 0 spiro atoms. The Morgan fingerprint density at radius 3 is 2.67 bits per heavy atom. The normalized spacial score (nSPS) is 14.9. The van der Waals surface area contributed by atoms with E-state index in [0.29, 0.717) is 16.8 Å². The summed E-state index contributed by atoms with van der Waals surface area (Å²) in [5, 5.41) is 2.60. The molecular formula is C9H9NO4S. The second-order valence-corrected chi connectivity index (χ2v) is 4.80. The highest BCUT2D eigenvalue weighted by molar-refractivity contribution is 7.85. The zero-order valence-electron chi connectivity index (χ0n) is 7.94. The zero-order valence-corrected chi connectivity index (χ0v) is 8.76. The van der Waals surface area contributed by atoms with Crippen LogP contribution in [0.3, 0.4) is 0 Å². The van der Waals surface area contributed by atoms with Gasteiger partial charge in [0.2, 0.25) is 5.91 Å². The van der Waals surface area contributed by atoms with Crippen LogP contribution in [0.1, 0.15) is 11.1 Å². The molecule has 0 atom stereocenters. The number of hydrogen-bond donors (Lipinski definition) is 2. The van der Waals surface area contributed by atoms with Gasteiger partial charge >= 0.3 is 0 Å². The molecule has 0 saturated heterocycles. The highest BCUT2D eigenvalue weighted by atomic mass is 32.2. The lowest BCUT2D eigenvalue weighted by atomic mass is 10.1. The Morgan fingerprint density at radius 1 is 1.40 bits per heavy atom. The number of hydrogen-bond acceptors (Lipinski definition) is 3. The van der Waals surface area contributed by atoms with Gasteiger partial charge in [0.1, 0.15) is 0 Å². The fraction of sp³-hybridized carbons (Fsp3) is 0.222. The summed E-state index contributed by atoms with van der Waals surface area (Å²) in [6.45, 7) is 1.57. The molecule has 1 aromatic carbocycles. The molecule has 1 aliphatic rings. The van der Waals surface area contributed by atoms with E-state index in [0.717, 1.165) is 0 Å². The van der Waals surface area contributed by atoms with E-state index in [1.165, 1.54) is 12.1 Å². The molecule has 0 radical (unpaired) electrons. The molecule has 2 rings (SSSR count). The number of anilines is 1. The van der Waals surface area contributed by atoms with E-state index < -0.39 is 10.1 Å². The van der Waals surface area contributed by atoms with E-state index in [1.807, 2.05) is 0 Å². The summed E-state index contributed by atoms with van der Waals surface area (Å²) in [5.41, 5.74) is 1.67. The van der Waals surface area contributed by atoms with Gasteiger partial charge in [-0.2, -0.15) is 8.42 Å². The largest absolute Gasteiger partial charge is 0.326 e. The van der Waals surface area contributed by atoms with E-state index in [9.17, 15) is 13.2 Å². The van der Waals surface area contributed by atoms with Gasteiger partial charge in [-0.15, -0.1) is 0 Å². The number of benzene rings is 1. The summed E-state index contributed by atoms with van der Waals surface area (Å²) in [5.74, 6) is -0.166. The molecule has 0 aromatic heterocycles. The Bertz CT molecular complexity index is 547. The molecule has 80 valence electrons. The number of nitrogens with one attached hydrogen (secondary N) is 1. The highest BCUT2D eigenvalue weighted by Gasteiger charge is 2.24. The van der Waals surface area contributed by atoms with Crippen molar-refractivity contribution in [2.24, 2.45) is 0 Å². The van der Waals surface area contributed by atoms with Crippen molar-refractivity contribution < 1.29 is 17.8 Å². The average Bonchev–Trinajstić information content (AvgIpc) is 2.44. The van der Waals surface area contributed by atoms with Gasteiger partial charge in [0.15, 0.2) is 0 Å². The topological polar surface area (TPSA) is 83.5 Å². The molecule has 1 amide bonds. The van der Waals surface area contributed by atoms with E-state index >= 15 is 0 Å². The molecule has 0 bridgehead atoms. The van der Waals surface area contributed by atoms with Gasteiger partial charge in [0, 0.05) is 5.69 Å². The summed E-state index contributed by atoms with van der Waals surface area (Å²) in [6, 6.07) is 2.77. The maximum Gasteiger partial charge on any atom is 0.294 e. The van der Waals surface area contributed by atoms with E-state index in [2.05, 4.69) is 5.32 Å². The summed E-state index contributed by atoms with van der Waals surface area (Å²) >= 11 is 0. The highest BCUT2D eigenvalue weighted by Crippen LogP contribution is 2.30. The van der Waals surface area contributed by atoms with Crippen LogP contribution in [0.15, 0.2) is 17.0 Å². The van der Waals surface area contributed by atoms with Crippen molar-refractivity contribution in [2.75, 3.05) is 5.32 Å². The van der Waals surface area contributed by atoms with Crippen LogP contribution in [0, 0.1) is 6.92 Å². The molecule has 6 heteroatoms. The van der Waals surface area contributed by atoms with Gasteiger partial charge in [-0.05, 0) is 30.2 Å². The second kappa shape index (κ2) is 3.04. The van der Waals surface area contributed by atoms with Crippen LogP contribution >= 0.6 is 0 Å². The zero-order chi connectivity index (χ0) is 11.2. The maximum absolute atomic E-state index is 11.1. The maximum atomic E-state index is 11.1. The Kier molecular flexibility index (Phi) is 2.06. The molecule has 0 fully saturated rings. The van der Waals surface area contributed by atoms with Crippen molar-refractivity contribution in [3.8, 4) is 0 Å². The predicted octanol–water partition coefficient (Wildman–Crippen LogP) is 0.736. The van der Waals surface area contributed by atoms with Gasteiger partial charge in [0.05, 0.1) is 11.3 Å². The van der Waals surface area contributed by atoms with Crippen LogP contribution in [0.5, 0.6) is 0 Å². The standard InChI is InChI=1S/C9H9NO4S/c1-5-6-4-9(11)10-7(6)2-3-8(5)15(12,13)14/h2-3H,4H2,1H3,(H,10,11)(H,12,13,14). The molecule has 5 nitrogen and oxygen atoms in total. The molecule has 0 unspecified atom stereocenters. The molecule has 1 aliphatic heterocycles. The van der Waals surface area contributed by atoms with Crippen molar-refractivity contribution >= 4 is 21.7 Å². The second-order valence-electron chi connectivity index (χ2n) is 3.41. The third-order valence-electron chi connectivity index (χ3n) is 2.44. The Hall–Kier alpha value is -1.40. The Morgan fingerprint density at radius 2 is 2.07 bits per heavy atom. The minimum Gasteiger partial charge on any atom is -0.326 e. The smallest absolute Gasteiger partial charge is 0.294 e. The molecule has 0 saturated carbocycles. The number of amides is 1.